The SMILES string of the molecule is CCC(C)(C)NC(=O)[C@H](c1cccc(OC)c1OC)N(C(=O)CCC(=O)Nc1cc(C)on1)c1c(C)cc(C)cc1C. The normalized spacial score (nSPS) is 11.9. The molecule has 1 atom stereocenters. The monoisotopic (exact) mass is 578 g/mol. The van der Waals surface area contributed by atoms with Crippen LogP contribution in [0.15, 0.2) is 40.9 Å². The van der Waals surface area contributed by atoms with Crippen LogP contribution in [-0.4, -0.2) is 42.6 Å². The second kappa shape index (κ2) is 13.5. The molecule has 0 aliphatic carbocycles. The molecule has 0 spiro atoms. The number of amides is 3. The highest BCUT2D eigenvalue weighted by atomic mass is 16.5. The van der Waals surface area contributed by atoms with E-state index in [1.165, 1.54) is 19.1 Å². The molecular weight excluding hydrogens is 536 g/mol. The first-order valence-electron chi connectivity index (χ1n) is 14.0. The number of hydrogen-bond donors (Lipinski definition) is 2. The molecule has 1 heterocycles. The predicted octanol–water partition coefficient (Wildman–Crippen LogP) is 5.72. The third-order valence-electron chi connectivity index (χ3n) is 7.19. The minimum absolute atomic E-state index is 0.130. The van der Waals surface area contributed by atoms with E-state index in [-0.39, 0.29) is 24.6 Å². The summed E-state index contributed by atoms with van der Waals surface area (Å²) in [5.74, 6) is 0.394. The lowest BCUT2D eigenvalue weighted by atomic mass is 9.95. The number of benzene rings is 2. The van der Waals surface area contributed by atoms with Crippen LogP contribution in [-0.2, 0) is 14.4 Å². The van der Waals surface area contributed by atoms with Gasteiger partial charge in [-0.05, 0) is 65.2 Å². The highest BCUT2D eigenvalue weighted by molar-refractivity contribution is 6.04. The largest absolute Gasteiger partial charge is 0.493 e. The van der Waals surface area contributed by atoms with Gasteiger partial charge in [-0.25, -0.2) is 0 Å². The Labute approximate surface area is 247 Å². The summed E-state index contributed by atoms with van der Waals surface area (Å²) in [6, 6.07) is 9.64. The number of nitrogens with zero attached hydrogens (tertiary/aromatic N) is 2. The van der Waals surface area contributed by atoms with E-state index in [1.54, 1.807) is 31.2 Å². The predicted molar refractivity (Wildman–Crippen MR) is 162 cm³/mol. The molecule has 0 fully saturated rings. The number of hydrogen-bond acceptors (Lipinski definition) is 7. The highest BCUT2D eigenvalue weighted by Gasteiger charge is 2.38. The van der Waals surface area contributed by atoms with Crippen molar-refractivity contribution in [3.05, 3.63) is 64.4 Å². The second-order valence-corrected chi connectivity index (χ2v) is 11.1. The van der Waals surface area contributed by atoms with E-state index >= 15 is 0 Å². The van der Waals surface area contributed by atoms with Crippen molar-refractivity contribution in [1.29, 1.82) is 0 Å². The molecule has 0 radical (unpaired) electrons. The summed E-state index contributed by atoms with van der Waals surface area (Å²) in [5.41, 5.74) is 3.16. The van der Waals surface area contributed by atoms with Crippen molar-refractivity contribution in [2.45, 2.75) is 79.3 Å². The van der Waals surface area contributed by atoms with E-state index in [0.717, 1.165) is 16.7 Å². The van der Waals surface area contributed by atoms with E-state index in [0.29, 0.717) is 34.9 Å². The Balaban J connectivity index is 2.16. The lowest BCUT2D eigenvalue weighted by Gasteiger charge is -2.36. The third-order valence-corrected chi connectivity index (χ3v) is 7.19. The molecule has 0 aliphatic heterocycles. The zero-order valence-corrected chi connectivity index (χ0v) is 26.0. The van der Waals surface area contributed by atoms with Crippen LogP contribution in [0.25, 0.3) is 0 Å². The summed E-state index contributed by atoms with van der Waals surface area (Å²) in [5, 5.41) is 9.56. The van der Waals surface area contributed by atoms with Gasteiger partial charge in [0.25, 0.3) is 0 Å². The number of carbonyl (C=O) groups is 3. The Kier molecular flexibility index (Phi) is 10.4. The zero-order chi connectivity index (χ0) is 31.2. The molecule has 0 bridgehead atoms. The number of anilines is 2. The van der Waals surface area contributed by atoms with Crippen LogP contribution in [0.1, 0.15) is 74.1 Å². The van der Waals surface area contributed by atoms with Crippen molar-refractivity contribution in [3.63, 3.8) is 0 Å². The average Bonchev–Trinajstić information content (AvgIpc) is 3.33. The summed E-state index contributed by atoms with van der Waals surface area (Å²) in [7, 11) is 3.01. The topological polar surface area (TPSA) is 123 Å². The van der Waals surface area contributed by atoms with Crippen LogP contribution >= 0.6 is 0 Å². The van der Waals surface area contributed by atoms with Gasteiger partial charge in [0.15, 0.2) is 17.3 Å². The molecule has 42 heavy (non-hydrogen) atoms. The summed E-state index contributed by atoms with van der Waals surface area (Å²) in [4.78, 5) is 42.8. The van der Waals surface area contributed by atoms with E-state index in [4.69, 9.17) is 14.0 Å². The molecule has 2 N–H and O–H groups in total. The van der Waals surface area contributed by atoms with Crippen LogP contribution < -0.4 is 25.0 Å². The standard InChI is InChI=1S/C32H42N4O6/c1-10-32(6,7)34-31(39)29(23-12-11-13-24(40-8)30(23)41-9)36(28-20(3)16-19(2)17-21(28)4)27(38)15-14-26(37)33-25-18-22(5)42-35-25/h11-13,16-18,29H,10,14-15H2,1-9H3,(H,34,39)(H,33,35,37)/t29-/m0/s1. The molecule has 0 saturated heterocycles. The van der Waals surface area contributed by atoms with Crippen molar-refractivity contribution in [2.24, 2.45) is 0 Å². The van der Waals surface area contributed by atoms with Gasteiger partial charge in [-0.15, -0.1) is 0 Å². The first-order chi connectivity index (χ1) is 19.8. The van der Waals surface area contributed by atoms with Crippen molar-refractivity contribution >= 4 is 29.2 Å². The fourth-order valence-corrected chi connectivity index (χ4v) is 4.94. The molecule has 10 heteroatoms. The van der Waals surface area contributed by atoms with Crippen LogP contribution in [0.4, 0.5) is 11.5 Å². The molecule has 0 aliphatic rings. The molecule has 10 nitrogen and oxygen atoms in total. The number of para-hydroxylation sites is 1. The fraction of sp³-hybridized carbons (Fsp3) is 0.438. The summed E-state index contributed by atoms with van der Waals surface area (Å²) < 4.78 is 16.3. The quantitative estimate of drug-likeness (QED) is 0.282. The molecule has 0 saturated carbocycles. The number of carbonyl (C=O) groups excluding carboxylic acids is 3. The Morgan fingerprint density at radius 2 is 1.67 bits per heavy atom. The maximum Gasteiger partial charge on any atom is 0.248 e. The van der Waals surface area contributed by atoms with Gasteiger partial charge in [0.2, 0.25) is 17.7 Å². The molecule has 3 rings (SSSR count). The lowest BCUT2D eigenvalue weighted by molar-refractivity contribution is -0.128. The third kappa shape index (κ3) is 7.48. The van der Waals surface area contributed by atoms with Gasteiger partial charge >= 0.3 is 0 Å². The maximum atomic E-state index is 14.3. The second-order valence-electron chi connectivity index (χ2n) is 11.1. The molecule has 3 amide bonds. The number of aromatic nitrogens is 1. The number of nitrogens with one attached hydrogen (secondary N) is 2. The molecule has 226 valence electrons. The average molecular weight is 579 g/mol. The summed E-state index contributed by atoms with van der Waals surface area (Å²) in [6.45, 7) is 13.3. The minimum Gasteiger partial charge on any atom is -0.493 e. The van der Waals surface area contributed by atoms with Gasteiger partial charge in [-0.2, -0.15) is 0 Å². The maximum absolute atomic E-state index is 14.3. The zero-order valence-electron chi connectivity index (χ0n) is 26.0. The molecular formula is C32H42N4O6. The van der Waals surface area contributed by atoms with Crippen LogP contribution in [0.3, 0.4) is 0 Å². The van der Waals surface area contributed by atoms with Crippen molar-refractivity contribution < 1.29 is 28.4 Å². The van der Waals surface area contributed by atoms with Crippen LogP contribution in [0, 0.1) is 27.7 Å². The van der Waals surface area contributed by atoms with Crippen LogP contribution in [0.2, 0.25) is 0 Å². The van der Waals surface area contributed by atoms with E-state index in [2.05, 4.69) is 15.8 Å². The Morgan fingerprint density at radius 1 is 1.00 bits per heavy atom. The lowest BCUT2D eigenvalue weighted by Crippen LogP contribution is -2.51. The first kappa shape index (κ1) is 32.2. The first-order valence-corrected chi connectivity index (χ1v) is 14.0. The number of ether oxygens (including phenoxy) is 2. The van der Waals surface area contributed by atoms with Crippen molar-refractivity contribution in [2.75, 3.05) is 24.4 Å². The van der Waals surface area contributed by atoms with E-state index < -0.39 is 23.4 Å². The Bertz CT molecular complexity index is 1420. The van der Waals surface area contributed by atoms with Crippen LogP contribution in [0.5, 0.6) is 11.5 Å². The van der Waals surface area contributed by atoms with Gasteiger partial charge in [-0.1, -0.05) is 41.9 Å². The molecule has 0 unspecified atom stereocenters. The molecule has 1 aromatic heterocycles. The van der Waals surface area contributed by atoms with Gasteiger partial charge in [0.05, 0.1) is 19.9 Å². The van der Waals surface area contributed by atoms with E-state index in [1.807, 2.05) is 53.7 Å². The van der Waals surface area contributed by atoms with Gasteiger partial charge < -0.3 is 24.6 Å². The van der Waals surface area contributed by atoms with Crippen molar-refractivity contribution in [1.82, 2.24) is 10.5 Å². The number of methoxy groups -OCH3 is 2. The van der Waals surface area contributed by atoms with E-state index in [9.17, 15) is 14.4 Å². The minimum atomic E-state index is -1.13. The molecule has 3 aromatic rings. The molecule has 2 aromatic carbocycles. The number of rotatable bonds is 12. The van der Waals surface area contributed by atoms with Crippen molar-refractivity contribution in [3.8, 4) is 11.5 Å². The van der Waals surface area contributed by atoms with Gasteiger partial charge in [0.1, 0.15) is 11.8 Å². The smallest absolute Gasteiger partial charge is 0.248 e. The fourth-order valence-electron chi connectivity index (χ4n) is 4.94. The Morgan fingerprint density at radius 3 is 2.21 bits per heavy atom. The number of aryl methyl sites for hydroxylation is 4. The van der Waals surface area contributed by atoms with Gasteiger partial charge in [-0.3, -0.25) is 19.3 Å². The summed E-state index contributed by atoms with van der Waals surface area (Å²) in [6.07, 6.45) is 0.372. The summed E-state index contributed by atoms with van der Waals surface area (Å²) >= 11 is 0. The highest BCUT2D eigenvalue weighted by Crippen LogP contribution is 2.41. The van der Waals surface area contributed by atoms with Gasteiger partial charge in [0, 0.05) is 30.0 Å². The Hall–Kier alpha value is -4.34.